The highest BCUT2D eigenvalue weighted by Gasteiger charge is 2.18. The van der Waals surface area contributed by atoms with Crippen molar-refractivity contribution in [3.05, 3.63) is 0 Å². The van der Waals surface area contributed by atoms with Gasteiger partial charge in [-0.15, -0.1) is 0 Å². The zero-order chi connectivity index (χ0) is 12.7. The Hall–Kier alpha value is -0.730. The predicted molar refractivity (Wildman–Crippen MR) is 72.7 cm³/mol. The Morgan fingerprint density at radius 3 is 1.94 bits per heavy atom. The van der Waals surface area contributed by atoms with Gasteiger partial charge in [-0.25, -0.2) is 0 Å². The molecule has 0 atom stereocenters. The molecule has 0 saturated heterocycles. The fourth-order valence-electron chi connectivity index (χ4n) is 1.89. The Labute approximate surface area is 101 Å². The third-order valence-electron chi connectivity index (χ3n) is 2.63. The number of aliphatic imine (C=N–C) groups is 1. The van der Waals surface area contributed by atoms with E-state index in [4.69, 9.17) is 5.73 Å². The van der Waals surface area contributed by atoms with Crippen molar-refractivity contribution in [3.8, 4) is 0 Å². The van der Waals surface area contributed by atoms with Gasteiger partial charge in [-0.3, -0.25) is 4.99 Å². The van der Waals surface area contributed by atoms with Gasteiger partial charge in [0.2, 0.25) is 0 Å². The van der Waals surface area contributed by atoms with Crippen LogP contribution in [0.1, 0.15) is 54.4 Å². The lowest BCUT2D eigenvalue weighted by Crippen LogP contribution is -2.46. The van der Waals surface area contributed by atoms with Gasteiger partial charge in [0.15, 0.2) is 5.96 Å². The van der Waals surface area contributed by atoms with E-state index in [2.05, 4.69) is 51.4 Å². The molecule has 0 aliphatic rings. The summed E-state index contributed by atoms with van der Waals surface area (Å²) in [5.41, 5.74) is 6.10. The highest BCUT2D eigenvalue weighted by molar-refractivity contribution is 5.78. The van der Waals surface area contributed by atoms with Crippen LogP contribution in [0.3, 0.4) is 0 Å². The van der Waals surface area contributed by atoms with Crippen molar-refractivity contribution in [1.82, 2.24) is 4.90 Å². The fourth-order valence-corrected chi connectivity index (χ4v) is 1.89. The normalized spacial score (nSPS) is 12.9. The maximum absolute atomic E-state index is 6.10. The van der Waals surface area contributed by atoms with Gasteiger partial charge in [-0.2, -0.15) is 0 Å². The van der Waals surface area contributed by atoms with E-state index in [1.165, 1.54) is 0 Å². The quantitative estimate of drug-likeness (QED) is 0.560. The van der Waals surface area contributed by atoms with Crippen LogP contribution in [0.2, 0.25) is 0 Å². The van der Waals surface area contributed by atoms with Crippen molar-refractivity contribution < 1.29 is 0 Å². The lowest BCUT2D eigenvalue weighted by Gasteiger charge is -2.33. The van der Waals surface area contributed by atoms with Crippen LogP contribution in [0.4, 0.5) is 0 Å². The summed E-state index contributed by atoms with van der Waals surface area (Å²) < 4.78 is 0. The molecule has 0 heterocycles. The van der Waals surface area contributed by atoms with Crippen molar-refractivity contribution in [2.45, 2.75) is 66.5 Å². The molecule has 3 nitrogen and oxygen atoms in total. The molecule has 0 aliphatic heterocycles. The minimum Gasteiger partial charge on any atom is -0.370 e. The first-order valence-corrected chi connectivity index (χ1v) is 6.52. The maximum atomic E-state index is 6.10. The molecule has 16 heavy (non-hydrogen) atoms. The van der Waals surface area contributed by atoms with Crippen LogP contribution in [0.5, 0.6) is 0 Å². The van der Waals surface area contributed by atoms with Crippen molar-refractivity contribution in [3.63, 3.8) is 0 Å². The van der Waals surface area contributed by atoms with Gasteiger partial charge in [-0.1, -0.05) is 27.7 Å². The highest BCUT2D eigenvalue weighted by Crippen LogP contribution is 2.11. The third kappa shape index (κ3) is 5.38. The average molecular weight is 227 g/mol. The molecule has 0 radical (unpaired) electrons. The van der Waals surface area contributed by atoms with Crippen LogP contribution in [0.15, 0.2) is 4.99 Å². The zero-order valence-corrected chi connectivity index (χ0v) is 11.8. The smallest absolute Gasteiger partial charge is 0.191 e. The Bertz CT molecular complexity index is 205. The summed E-state index contributed by atoms with van der Waals surface area (Å²) >= 11 is 0. The monoisotopic (exact) mass is 227 g/mol. The van der Waals surface area contributed by atoms with Crippen LogP contribution in [0, 0.1) is 5.92 Å². The SMILES string of the molecule is CCC(CC)N(CC(C)C)C(N)=NC(C)C. The van der Waals surface area contributed by atoms with Crippen molar-refractivity contribution in [1.29, 1.82) is 0 Å². The molecule has 0 spiro atoms. The van der Waals surface area contributed by atoms with E-state index in [1.807, 2.05) is 0 Å². The second kappa shape index (κ2) is 7.53. The van der Waals surface area contributed by atoms with Gasteiger partial charge < -0.3 is 10.6 Å². The van der Waals surface area contributed by atoms with Crippen molar-refractivity contribution in [2.24, 2.45) is 16.6 Å². The second-order valence-corrected chi connectivity index (χ2v) is 5.10. The number of hydrogen-bond donors (Lipinski definition) is 1. The summed E-state index contributed by atoms with van der Waals surface area (Å²) in [6.07, 6.45) is 2.25. The van der Waals surface area contributed by atoms with Crippen LogP contribution < -0.4 is 5.73 Å². The standard InChI is InChI=1S/C13H29N3/c1-7-12(8-2)16(9-10(3)4)13(14)15-11(5)6/h10-12H,7-9H2,1-6H3,(H2,14,15). The largest absolute Gasteiger partial charge is 0.370 e. The molecule has 0 aromatic rings. The van der Waals surface area contributed by atoms with Gasteiger partial charge >= 0.3 is 0 Å². The molecule has 0 fully saturated rings. The lowest BCUT2D eigenvalue weighted by molar-refractivity contribution is 0.263. The molecule has 0 saturated carbocycles. The van der Waals surface area contributed by atoms with Gasteiger partial charge in [0.05, 0.1) is 0 Å². The first kappa shape index (κ1) is 15.3. The molecule has 0 aromatic carbocycles. The summed E-state index contributed by atoms with van der Waals surface area (Å²) in [5.74, 6) is 1.32. The first-order chi connectivity index (χ1) is 7.42. The topological polar surface area (TPSA) is 41.6 Å². The van der Waals surface area contributed by atoms with Crippen molar-refractivity contribution >= 4 is 5.96 Å². The summed E-state index contributed by atoms with van der Waals surface area (Å²) in [6, 6.07) is 0.786. The molecule has 0 aromatic heterocycles. The molecule has 96 valence electrons. The molecule has 0 bridgehead atoms. The van der Waals surface area contributed by atoms with Crippen LogP contribution in [-0.2, 0) is 0 Å². The van der Waals surface area contributed by atoms with E-state index in [0.29, 0.717) is 17.9 Å². The molecule has 2 N–H and O–H groups in total. The van der Waals surface area contributed by atoms with E-state index >= 15 is 0 Å². The van der Waals surface area contributed by atoms with Gasteiger partial charge in [0, 0.05) is 18.6 Å². The fraction of sp³-hybridized carbons (Fsp3) is 0.923. The van der Waals surface area contributed by atoms with Gasteiger partial charge in [0.1, 0.15) is 0 Å². The van der Waals surface area contributed by atoms with E-state index in [0.717, 1.165) is 19.4 Å². The average Bonchev–Trinajstić information content (AvgIpc) is 2.16. The number of guanidine groups is 1. The molecular weight excluding hydrogens is 198 g/mol. The Morgan fingerprint density at radius 2 is 1.62 bits per heavy atom. The second-order valence-electron chi connectivity index (χ2n) is 5.10. The molecule has 3 heteroatoms. The Morgan fingerprint density at radius 1 is 1.12 bits per heavy atom. The van der Waals surface area contributed by atoms with Crippen LogP contribution in [0.25, 0.3) is 0 Å². The summed E-state index contributed by atoms with van der Waals surface area (Å²) in [5, 5.41) is 0. The molecular formula is C13H29N3. The first-order valence-electron chi connectivity index (χ1n) is 6.52. The lowest BCUT2D eigenvalue weighted by atomic mass is 10.1. The molecule has 0 rings (SSSR count). The van der Waals surface area contributed by atoms with Gasteiger partial charge in [0.25, 0.3) is 0 Å². The molecule has 0 aliphatic carbocycles. The Kier molecular flexibility index (Phi) is 7.18. The van der Waals surface area contributed by atoms with E-state index < -0.39 is 0 Å². The van der Waals surface area contributed by atoms with Crippen molar-refractivity contribution in [2.75, 3.05) is 6.54 Å². The predicted octanol–water partition coefficient (Wildman–Crippen LogP) is 2.86. The summed E-state index contributed by atoms with van der Waals surface area (Å²) in [6.45, 7) is 14.0. The van der Waals surface area contributed by atoms with E-state index in [-0.39, 0.29) is 6.04 Å². The number of nitrogens with two attached hydrogens (primary N) is 1. The minimum atomic E-state index is 0.268. The van der Waals surface area contributed by atoms with Crippen LogP contribution >= 0.6 is 0 Å². The van der Waals surface area contributed by atoms with E-state index in [1.54, 1.807) is 0 Å². The van der Waals surface area contributed by atoms with E-state index in [9.17, 15) is 0 Å². The highest BCUT2D eigenvalue weighted by atomic mass is 15.3. The van der Waals surface area contributed by atoms with Gasteiger partial charge in [-0.05, 0) is 32.6 Å². The Balaban J connectivity index is 4.77. The minimum absolute atomic E-state index is 0.268. The van der Waals surface area contributed by atoms with Crippen LogP contribution in [-0.4, -0.2) is 29.5 Å². The summed E-state index contributed by atoms with van der Waals surface area (Å²) in [7, 11) is 0. The maximum Gasteiger partial charge on any atom is 0.191 e. The number of nitrogens with zero attached hydrogens (tertiary/aromatic N) is 2. The molecule has 0 amide bonds. The third-order valence-corrected chi connectivity index (χ3v) is 2.63. The zero-order valence-electron chi connectivity index (χ0n) is 11.8. The molecule has 0 unspecified atom stereocenters. The number of hydrogen-bond acceptors (Lipinski definition) is 1. The number of rotatable bonds is 6. The summed E-state index contributed by atoms with van der Waals surface area (Å²) in [4.78, 5) is 6.74.